The molecule has 0 amide bonds. The zero-order valence-corrected chi connectivity index (χ0v) is 41.5. The molecule has 0 aliphatic heterocycles. The fraction of sp³-hybridized carbons (Fsp3) is 0.925. The van der Waals surface area contributed by atoms with E-state index in [9.17, 15) is 24.3 Å². The highest BCUT2D eigenvalue weighted by Crippen LogP contribution is 2.28. The minimum atomic E-state index is -0.155. The molecule has 0 aromatic rings. The normalized spacial score (nSPS) is 15.3. The molecule has 0 unspecified atom stereocenters. The molecule has 1 aliphatic carbocycles. The van der Waals surface area contributed by atoms with Gasteiger partial charge in [0, 0.05) is 50.2 Å². The third-order valence-electron chi connectivity index (χ3n) is 13.1. The summed E-state index contributed by atoms with van der Waals surface area (Å²) < 4.78 is 23.0. The average Bonchev–Trinajstić information content (AvgIpc) is 3.29. The molecule has 1 aliphatic rings. The van der Waals surface area contributed by atoms with Crippen LogP contribution in [0.4, 0.5) is 0 Å². The van der Waals surface area contributed by atoms with Crippen LogP contribution in [0.5, 0.6) is 0 Å². The molecule has 1 saturated carbocycles. The quantitative estimate of drug-likeness (QED) is 0.0358. The molecule has 370 valence electrons. The van der Waals surface area contributed by atoms with Crippen molar-refractivity contribution < 1.29 is 43.2 Å². The first-order valence-corrected chi connectivity index (χ1v) is 26.7. The summed E-state index contributed by atoms with van der Waals surface area (Å²) >= 11 is 0. The van der Waals surface area contributed by atoms with Gasteiger partial charge in [0.15, 0.2) is 0 Å². The maximum atomic E-state index is 12.6. The predicted molar refractivity (Wildman–Crippen MR) is 256 cm³/mol. The molecule has 1 rings (SSSR count). The Labute approximate surface area is 386 Å². The number of hydrogen-bond acceptors (Lipinski definition) is 10. The largest absolute Gasteiger partial charge is 0.465 e. The van der Waals surface area contributed by atoms with E-state index < -0.39 is 0 Å². The lowest BCUT2D eigenvalue weighted by molar-refractivity contribution is -0.151. The zero-order valence-electron chi connectivity index (χ0n) is 41.5. The Morgan fingerprint density at radius 2 is 0.730 bits per heavy atom. The zero-order chi connectivity index (χ0) is 46.0. The molecule has 0 spiro atoms. The fourth-order valence-corrected chi connectivity index (χ4v) is 8.72. The molecule has 0 heterocycles. The summed E-state index contributed by atoms with van der Waals surface area (Å²) in [6.07, 6.45) is 33.2. The van der Waals surface area contributed by atoms with Crippen LogP contribution in [0.25, 0.3) is 0 Å². The third-order valence-corrected chi connectivity index (χ3v) is 13.1. The van der Waals surface area contributed by atoms with Gasteiger partial charge in [-0.3, -0.25) is 19.2 Å². The van der Waals surface area contributed by atoms with Crippen molar-refractivity contribution in [1.82, 2.24) is 4.90 Å². The highest BCUT2D eigenvalue weighted by atomic mass is 16.6. The van der Waals surface area contributed by atoms with Crippen molar-refractivity contribution >= 4 is 23.9 Å². The molecular formula is C53H99NO9. The highest BCUT2D eigenvalue weighted by Gasteiger charge is 2.26. The van der Waals surface area contributed by atoms with Crippen LogP contribution in [-0.4, -0.2) is 86.0 Å². The number of carbonyl (C=O) groups is 4. The standard InChI is InChI=1S/C53H99NO9/c1-5-9-13-17-21-31-50(56)60-42-47(43-61-51(57)32-22-18-14-10-6-2)29-25-27-39-54(49-37-35-46(41-55)36-38-49)40-28-26-30-48(44-62-52(58)33-23-19-15-11-7-3)45-63-53(59)34-24-20-16-12-8-4/h46-49,55H,5-45H2,1-4H3/t46-,49-. The molecule has 0 bridgehead atoms. The van der Waals surface area contributed by atoms with Crippen LogP contribution in [0.3, 0.4) is 0 Å². The van der Waals surface area contributed by atoms with Crippen LogP contribution in [0, 0.1) is 17.8 Å². The van der Waals surface area contributed by atoms with Gasteiger partial charge in [0.1, 0.15) is 0 Å². The summed E-state index contributed by atoms with van der Waals surface area (Å²) in [6.45, 7) is 12.1. The van der Waals surface area contributed by atoms with Gasteiger partial charge in [-0.2, -0.15) is 0 Å². The maximum Gasteiger partial charge on any atom is 0.305 e. The molecule has 0 radical (unpaired) electrons. The van der Waals surface area contributed by atoms with E-state index >= 15 is 0 Å². The Balaban J connectivity index is 2.80. The van der Waals surface area contributed by atoms with E-state index in [2.05, 4.69) is 32.6 Å². The molecule has 10 nitrogen and oxygen atoms in total. The molecular weight excluding hydrogens is 795 g/mol. The van der Waals surface area contributed by atoms with E-state index in [4.69, 9.17) is 18.9 Å². The molecule has 10 heteroatoms. The third kappa shape index (κ3) is 34.8. The van der Waals surface area contributed by atoms with Gasteiger partial charge in [0.05, 0.1) is 26.4 Å². The van der Waals surface area contributed by atoms with E-state index in [1.54, 1.807) is 0 Å². The van der Waals surface area contributed by atoms with Gasteiger partial charge in [-0.25, -0.2) is 0 Å². The first kappa shape index (κ1) is 58.8. The lowest BCUT2D eigenvalue weighted by Gasteiger charge is -2.37. The Morgan fingerprint density at radius 3 is 1.02 bits per heavy atom. The van der Waals surface area contributed by atoms with Gasteiger partial charge in [-0.05, 0) is 96.1 Å². The second kappa shape index (κ2) is 42.4. The number of unbranched alkanes of at least 4 members (excludes halogenated alkanes) is 18. The van der Waals surface area contributed by atoms with Crippen LogP contribution in [0.1, 0.15) is 246 Å². The number of aliphatic hydroxyl groups excluding tert-OH is 1. The molecule has 0 aromatic heterocycles. The summed E-state index contributed by atoms with van der Waals surface area (Å²) in [4.78, 5) is 53.1. The Hall–Kier alpha value is -2.20. The predicted octanol–water partition coefficient (Wildman–Crippen LogP) is 13.0. The van der Waals surface area contributed by atoms with Gasteiger partial charge in [0.25, 0.3) is 0 Å². The van der Waals surface area contributed by atoms with E-state index in [-0.39, 0.29) is 68.7 Å². The minimum Gasteiger partial charge on any atom is -0.465 e. The van der Waals surface area contributed by atoms with Gasteiger partial charge in [-0.1, -0.05) is 143 Å². The lowest BCUT2D eigenvalue weighted by atomic mass is 9.85. The van der Waals surface area contributed by atoms with Crippen molar-refractivity contribution in [2.75, 3.05) is 46.1 Å². The number of aliphatic hydroxyl groups is 1. The first-order valence-electron chi connectivity index (χ1n) is 26.7. The number of nitrogens with zero attached hydrogens (tertiary/aromatic N) is 1. The Bertz CT molecular complexity index is 962. The van der Waals surface area contributed by atoms with Crippen molar-refractivity contribution in [1.29, 1.82) is 0 Å². The molecule has 1 N–H and O–H groups in total. The summed E-state index contributed by atoms with van der Waals surface area (Å²) in [5, 5.41) is 9.83. The summed E-state index contributed by atoms with van der Waals surface area (Å²) in [6, 6.07) is 0.479. The van der Waals surface area contributed by atoms with Gasteiger partial charge < -0.3 is 29.0 Å². The topological polar surface area (TPSA) is 129 Å². The molecule has 0 atom stereocenters. The number of hydrogen-bond donors (Lipinski definition) is 1. The highest BCUT2D eigenvalue weighted by molar-refractivity contribution is 5.70. The average molecular weight is 894 g/mol. The van der Waals surface area contributed by atoms with Crippen molar-refractivity contribution in [3.8, 4) is 0 Å². The lowest BCUT2D eigenvalue weighted by Crippen LogP contribution is -2.40. The van der Waals surface area contributed by atoms with Crippen LogP contribution < -0.4 is 0 Å². The maximum absolute atomic E-state index is 12.6. The smallest absolute Gasteiger partial charge is 0.305 e. The molecule has 0 aromatic carbocycles. The van der Waals surface area contributed by atoms with Crippen LogP contribution in [0.15, 0.2) is 0 Å². The number of carbonyl (C=O) groups excluding carboxylic acids is 4. The summed E-state index contributed by atoms with van der Waals surface area (Å²) in [5.41, 5.74) is 0. The van der Waals surface area contributed by atoms with Crippen molar-refractivity contribution in [2.24, 2.45) is 17.8 Å². The van der Waals surface area contributed by atoms with E-state index in [1.165, 1.54) is 51.4 Å². The molecule has 63 heavy (non-hydrogen) atoms. The van der Waals surface area contributed by atoms with Crippen LogP contribution in [0.2, 0.25) is 0 Å². The van der Waals surface area contributed by atoms with E-state index in [0.29, 0.717) is 37.6 Å². The van der Waals surface area contributed by atoms with E-state index in [0.717, 1.165) is 154 Å². The SMILES string of the molecule is CCCCCCCC(=O)OCC(CCCCN(CCCCC(COC(=O)CCCCCCC)COC(=O)CCCCCCC)[C@H]1CC[C@H](CO)CC1)COC(=O)CCCCCCC. The second-order valence-electron chi connectivity index (χ2n) is 19.0. The summed E-state index contributed by atoms with van der Waals surface area (Å²) in [7, 11) is 0. The number of rotatable bonds is 44. The fourth-order valence-electron chi connectivity index (χ4n) is 8.72. The summed E-state index contributed by atoms with van der Waals surface area (Å²) in [5.74, 6) is -0.270. The van der Waals surface area contributed by atoms with Gasteiger partial charge in [-0.15, -0.1) is 0 Å². The Morgan fingerprint density at radius 1 is 0.429 bits per heavy atom. The van der Waals surface area contributed by atoms with Gasteiger partial charge >= 0.3 is 23.9 Å². The second-order valence-corrected chi connectivity index (χ2v) is 19.0. The Kier molecular flexibility index (Phi) is 39.6. The molecule has 1 fully saturated rings. The number of esters is 4. The van der Waals surface area contributed by atoms with Crippen LogP contribution in [-0.2, 0) is 38.1 Å². The first-order chi connectivity index (χ1) is 30.8. The monoisotopic (exact) mass is 894 g/mol. The van der Waals surface area contributed by atoms with Crippen molar-refractivity contribution in [3.05, 3.63) is 0 Å². The van der Waals surface area contributed by atoms with Crippen LogP contribution >= 0.6 is 0 Å². The van der Waals surface area contributed by atoms with E-state index in [1.807, 2.05) is 0 Å². The van der Waals surface area contributed by atoms with Gasteiger partial charge in [0.2, 0.25) is 0 Å². The molecule has 0 saturated heterocycles. The van der Waals surface area contributed by atoms with Crippen molar-refractivity contribution in [3.63, 3.8) is 0 Å². The van der Waals surface area contributed by atoms with Crippen molar-refractivity contribution in [2.45, 2.75) is 252 Å². The minimum absolute atomic E-state index is 0.0197. The number of ether oxygens (including phenoxy) is 4.